The van der Waals surface area contributed by atoms with Crippen LogP contribution in [0.2, 0.25) is 0 Å². The van der Waals surface area contributed by atoms with E-state index in [4.69, 9.17) is 9.84 Å². The second-order valence-electron chi connectivity index (χ2n) is 5.89. The highest BCUT2D eigenvalue weighted by molar-refractivity contribution is 5.87. The first-order chi connectivity index (χ1) is 10.3. The maximum atomic E-state index is 11.5. The molecule has 0 aromatic heterocycles. The fourth-order valence-electron chi connectivity index (χ4n) is 1.75. The van der Waals surface area contributed by atoms with Crippen LogP contribution in [-0.2, 0) is 4.74 Å². The Morgan fingerprint density at radius 2 is 1.68 bits per heavy atom. The predicted octanol–water partition coefficient (Wildman–Crippen LogP) is 2.21. The van der Waals surface area contributed by atoms with Gasteiger partial charge in [0.2, 0.25) is 0 Å². The van der Waals surface area contributed by atoms with Crippen molar-refractivity contribution in [1.82, 2.24) is 10.2 Å². The molecule has 2 rings (SSSR count). The van der Waals surface area contributed by atoms with Gasteiger partial charge in [-0.05, 0) is 32.9 Å². The minimum atomic E-state index is -0.879. The Kier molecular flexibility index (Phi) is 6.85. The molecule has 1 aliphatic heterocycles. The molecule has 122 valence electrons. The summed E-state index contributed by atoms with van der Waals surface area (Å²) in [4.78, 5) is 23.4. The van der Waals surface area contributed by atoms with Crippen LogP contribution in [0.3, 0.4) is 0 Å². The zero-order valence-electron chi connectivity index (χ0n) is 13.3. The average Bonchev–Trinajstić information content (AvgIpc) is 2.48. The number of benzene rings is 1. The van der Waals surface area contributed by atoms with Crippen molar-refractivity contribution >= 4 is 12.1 Å². The molecule has 0 spiro atoms. The number of hydrogen-bond acceptors (Lipinski definition) is 4. The summed E-state index contributed by atoms with van der Waals surface area (Å²) >= 11 is 0. The zero-order valence-corrected chi connectivity index (χ0v) is 13.3. The van der Waals surface area contributed by atoms with Crippen LogP contribution in [0, 0.1) is 0 Å². The van der Waals surface area contributed by atoms with Crippen molar-refractivity contribution in [2.24, 2.45) is 0 Å². The minimum Gasteiger partial charge on any atom is -0.478 e. The van der Waals surface area contributed by atoms with Gasteiger partial charge in [-0.15, -0.1) is 0 Å². The number of nitrogens with zero attached hydrogens (tertiary/aromatic N) is 1. The normalized spacial score (nSPS) is 14.6. The molecule has 1 aromatic rings. The lowest BCUT2D eigenvalue weighted by Crippen LogP contribution is -2.48. The van der Waals surface area contributed by atoms with E-state index in [1.165, 1.54) is 0 Å². The maximum absolute atomic E-state index is 11.5. The minimum absolute atomic E-state index is 0.200. The van der Waals surface area contributed by atoms with Gasteiger partial charge >= 0.3 is 12.1 Å². The van der Waals surface area contributed by atoms with Crippen LogP contribution in [0.25, 0.3) is 0 Å². The van der Waals surface area contributed by atoms with Gasteiger partial charge in [-0.3, -0.25) is 0 Å². The van der Waals surface area contributed by atoms with Crippen LogP contribution in [-0.4, -0.2) is 53.8 Å². The molecule has 0 radical (unpaired) electrons. The summed E-state index contributed by atoms with van der Waals surface area (Å²) in [6.07, 6.45) is -0.200. The van der Waals surface area contributed by atoms with E-state index in [0.717, 1.165) is 26.2 Å². The summed E-state index contributed by atoms with van der Waals surface area (Å²) in [5.41, 5.74) is -0.0559. The van der Waals surface area contributed by atoms with Crippen LogP contribution in [0.4, 0.5) is 4.79 Å². The number of ether oxygens (including phenoxy) is 1. The quantitative estimate of drug-likeness (QED) is 0.831. The molecule has 0 unspecified atom stereocenters. The second-order valence-corrected chi connectivity index (χ2v) is 5.89. The lowest BCUT2D eigenvalue weighted by Gasteiger charge is -2.30. The van der Waals surface area contributed by atoms with Crippen molar-refractivity contribution in [3.05, 3.63) is 35.9 Å². The molecule has 1 aromatic carbocycles. The molecule has 1 aliphatic rings. The molecule has 0 atom stereocenters. The predicted molar refractivity (Wildman–Crippen MR) is 84.1 cm³/mol. The highest BCUT2D eigenvalue weighted by atomic mass is 16.6. The number of carboxylic acid groups (broad SMARTS) is 1. The first kappa shape index (κ1) is 18.0. The molecule has 1 heterocycles. The van der Waals surface area contributed by atoms with Crippen LogP contribution < -0.4 is 5.32 Å². The van der Waals surface area contributed by atoms with E-state index in [1.54, 1.807) is 35.2 Å². The SMILES string of the molecule is CC(C)(C)OC(=O)N1CCNCC1.O=C(O)c1ccccc1. The Balaban J connectivity index is 0.000000235. The summed E-state index contributed by atoms with van der Waals surface area (Å²) in [5, 5.41) is 11.6. The Labute approximate surface area is 131 Å². The summed E-state index contributed by atoms with van der Waals surface area (Å²) in [6, 6.07) is 8.30. The molecule has 1 saturated heterocycles. The number of rotatable bonds is 1. The third-order valence-electron chi connectivity index (χ3n) is 2.79. The van der Waals surface area contributed by atoms with E-state index in [0.29, 0.717) is 5.56 Å². The summed E-state index contributed by atoms with van der Waals surface area (Å²) in [7, 11) is 0. The molecular weight excluding hydrogens is 284 g/mol. The van der Waals surface area contributed by atoms with E-state index < -0.39 is 5.97 Å². The lowest BCUT2D eigenvalue weighted by atomic mass is 10.2. The van der Waals surface area contributed by atoms with Crippen molar-refractivity contribution < 1.29 is 19.4 Å². The molecular formula is C16H24N2O4. The van der Waals surface area contributed by atoms with E-state index in [9.17, 15) is 9.59 Å². The van der Waals surface area contributed by atoms with Crippen molar-refractivity contribution in [3.63, 3.8) is 0 Å². The molecule has 6 heteroatoms. The van der Waals surface area contributed by atoms with Crippen molar-refractivity contribution in [1.29, 1.82) is 0 Å². The largest absolute Gasteiger partial charge is 0.478 e. The number of carboxylic acids is 1. The van der Waals surface area contributed by atoms with Crippen LogP contribution in [0.15, 0.2) is 30.3 Å². The topological polar surface area (TPSA) is 78.9 Å². The summed E-state index contributed by atoms with van der Waals surface area (Å²) in [5.74, 6) is -0.879. The molecule has 0 saturated carbocycles. The standard InChI is InChI=1S/C9H18N2O2.C7H6O2/c1-9(2,3)13-8(12)11-6-4-10-5-7-11;8-7(9)6-4-2-1-3-5-6/h10H,4-7H2,1-3H3;1-5H,(H,8,9). The smallest absolute Gasteiger partial charge is 0.410 e. The monoisotopic (exact) mass is 308 g/mol. The molecule has 1 amide bonds. The van der Waals surface area contributed by atoms with Crippen LogP contribution >= 0.6 is 0 Å². The number of amides is 1. The highest BCUT2D eigenvalue weighted by Crippen LogP contribution is 2.09. The van der Waals surface area contributed by atoms with E-state index in [-0.39, 0.29) is 11.7 Å². The average molecular weight is 308 g/mol. The van der Waals surface area contributed by atoms with Crippen molar-refractivity contribution in [2.75, 3.05) is 26.2 Å². The molecule has 1 fully saturated rings. The fraction of sp³-hybridized carbons (Fsp3) is 0.500. The van der Waals surface area contributed by atoms with E-state index in [2.05, 4.69) is 5.32 Å². The van der Waals surface area contributed by atoms with Gasteiger partial charge in [0.15, 0.2) is 0 Å². The number of carbonyl (C=O) groups excluding carboxylic acids is 1. The molecule has 0 bridgehead atoms. The molecule has 0 aliphatic carbocycles. The van der Waals surface area contributed by atoms with Crippen molar-refractivity contribution in [3.8, 4) is 0 Å². The van der Waals surface area contributed by atoms with Gasteiger partial charge in [0.25, 0.3) is 0 Å². The molecule has 2 N–H and O–H groups in total. The van der Waals surface area contributed by atoms with Gasteiger partial charge in [0.1, 0.15) is 5.60 Å². The molecule has 6 nitrogen and oxygen atoms in total. The van der Waals surface area contributed by atoms with Gasteiger partial charge in [-0.25, -0.2) is 9.59 Å². The molecule has 22 heavy (non-hydrogen) atoms. The number of piperazine rings is 1. The number of aromatic carboxylic acids is 1. The summed E-state index contributed by atoms with van der Waals surface area (Å²) in [6.45, 7) is 8.86. The van der Waals surface area contributed by atoms with E-state index >= 15 is 0 Å². The first-order valence-electron chi connectivity index (χ1n) is 7.26. The third kappa shape index (κ3) is 7.08. The fourth-order valence-corrected chi connectivity index (χ4v) is 1.75. The van der Waals surface area contributed by atoms with Gasteiger partial charge < -0.3 is 20.1 Å². The zero-order chi connectivity index (χ0) is 16.6. The van der Waals surface area contributed by atoms with Crippen LogP contribution in [0.1, 0.15) is 31.1 Å². The number of carbonyl (C=O) groups is 2. The maximum Gasteiger partial charge on any atom is 0.410 e. The van der Waals surface area contributed by atoms with Gasteiger partial charge in [-0.1, -0.05) is 18.2 Å². The highest BCUT2D eigenvalue weighted by Gasteiger charge is 2.22. The Bertz CT molecular complexity index is 477. The van der Waals surface area contributed by atoms with Gasteiger partial charge in [0, 0.05) is 26.2 Å². The Hall–Kier alpha value is -2.08. The van der Waals surface area contributed by atoms with Crippen LogP contribution in [0.5, 0.6) is 0 Å². The Morgan fingerprint density at radius 1 is 1.14 bits per heavy atom. The van der Waals surface area contributed by atoms with Crippen molar-refractivity contribution in [2.45, 2.75) is 26.4 Å². The first-order valence-corrected chi connectivity index (χ1v) is 7.26. The van der Waals surface area contributed by atoms with Gasteiger partial charge in [0.05, 0.1) is 5.56 Å². The summed E-state index contributed by atoms with van der Waals surface area (Å²) < 4.78 is 5.24. The Morgan fingerprint density at radius 3 is 2.09 bits per heavy atom. The van der Waals surface area contributed by atoms with Gasteiger partial charge in [-0.2, -0.15) is 0 Å². The number of nitrogens with one attached hydrogen (secondary N) is 1. The number of hydrogen-bond donors (Lipinski definition) is 2. The third-order valence-corrected chi connectivity index (χ3v) is 2.79. The van der Waals surface area contributed by atoms with E-state index in [1.807, 2.05) is 20.8 Å². The second kappa shape index (κ2) is 8.38. The lowest BCUT2D eigenvalue weighted by molar-refractivity contribution is 0.0228.